The van der Waals surface area contributed by atoms with Gasteiger partial charge in [0, 0.05) is 11.6 Å². The van der Waals surface area contributed by atoms with Crippen LogP contribution in [0.25, 0.3) is 0 Å². The zero-order valence-corrected chi connectivity index (χ0v) is 10.2. The van der Waals surface area contributed by atoms with Crippen LogP contribution in [-0.4, -0.2) is 24.9 Å². The summed E-state index contributed by atoms with van der Waals surface area (Å²) in [5.74, 6) is -0.799. The third-order valence-electron chi connectivity index (χ3n) is 2.33. The fourth-order valence-corrected chi connectivity index (χ4v) is 1.41. The Labute approximate surface area is 109 Å². The summed E-state index contributed by atoms with van der Waals surface area (Å²) < 4.78 is 9.46. The van der Waals surface area contributed by atoms with Crippen molar-refractivity contribution < 1.29 is 19.1 Å². The van der Waals surface area contributed by atoms with Gasteiger partial charge in [0.15, 0.2) is 5.70 Å². The van der Waals surface area contributed by atoms with Crippen molar-refractivity contribution in [2.45, 2.75) is 0 Å². The van der Waals surface area contributed by atoms with Gasteiger partial charge in [-0.25, -0.2) is 14.6 Å². The van der Waals surface area contributed by atoms with E-state index in [0.29, 0.717) is 0 Å². The molecule has 0 fully saturated rings. The fourth-order valence-electron chi connectivity index (χ4n) is 1.41. The largest absolute Gasteiger partial charge is 0.466 e. The molecule has 0 atom stereocenters. The number of allylic oxidation sites excluding steroid dienone is 2. The van der Waals surface area contributed by atoms with Gasteiger partial charge < -0.3 is 9.47 Å². The van der Waals surface area contributed by atoms with Gasteiger partial charge in [-0.1, -0.05) is 24.3 Å². The van der Waals surface area contributed by atoms with Crippen LogP contribution in [0.4, 0.5) is 0 Å². The fraction of sp³-hybridized carbons (Fsp3) is 0.0714. The Bertz CT molecular complexity index is 585. The van der Waals surface area contributed by atoms with Crippen molar-refractivity contribution in [1.82, 2.24) is 0 Å². The zero-order valence-electron chi connectivity index (χ0n) is 10.2. The molecule has 0 spiro atoms. The van der Waals surface area contributed by atoms with E-state index in [1.54, 1.807) is 12.1 Å². The van der Waals surface area contributed by atoms with Crippen molar-refractivity contribution in [1.29, 1.82) is 0 Å². The Kier molecular flexibility index (Phi) is 3.87. The van der Waals surface area contributed by atoms with Crippen molar-refractivity contribution in [3.05, 3.63) is 59.8 Å². The molecule has 0 unspecified atom stereocenters. The number of benzene rings is 1. The third kappa shape index (κ3) is 3.16. The van der Waals surface area contributed by atoms with E-state index < -0.39 is 11.9 Å². The second-order valence-corrected chi connectivity index (χ2v) is 3.61. The molecule has 0 radical (unpaired) electrons. The second-order valence-electron chi connectivity index (χ2n) is 3.61. The molecule has 0 bridgehead atoms. The summed E-state index contributed by atoms with van der Waals surface area (Å²) in [5.41, 5.74) is 0.857. The average Bonchev–Trinajstić information content (AvgIpc) is 2.81. The lowest BCUT2D eigenvalue weighted by Crippen LogP contribution is -2.04. The molecule has 1 aliphatic rings. The van der Waals surface area contributed by atoms with E-state index in [1.165, 1.54) is 25.3 Å². The molecule has 1 heterocycles. The standard InChI is InChI=1S/C14H11NO4/c1-18-12(16)9-5-8-11-14(17)19-13(15-11)10-6-3-2-4-7-10/h2-9H,1H3/b9-5-,11-8-. The molecule has 1 aromatic carbocycles. The third-order valence-corrected chi connectivity index (χ3v) is 2.33. The van der Waals surface area contributed by atoms with Crippen LogP contribution >= 0.6 is 0 Å². The van der Waals surface area contributed by atoms with Crippen LogP contribution in [-0.2, 0) is 19.1 Å². The van der Waals surface area contributed by atoms with Crippen LogP contribution in [0.3, 0.4) is 0 Å². The van der Waals surface area contributed by atoms with Crippen molar-refractivity contribution in [2.24, 2.45) is 4.99 Å². The summed E-state index contributed by atoms with van der Waals surface area (Å²) in [5, 5.41) is 0. The van der Waals surface area contributed by atoms with Crippen molar-refractivity contribution in [3.8, 4) is 0 Å². The molecular weight excluding hydrogens is 246 g/mol. The minimum Gasteiger partial charge on any atom is -0.466 e. The van der Waals surface area contributed by atoms with E-state index >= 15 is 0 Å². The number of esters is 2. The zero-order chi connectivity index (χ0) is 13.7. The van der Waals surface area contributed by atoms with Gasteiger partial charge in [-0.3, -0.25) is 0 Å². The lowest BCUT2D eigenvalue weighted by molar-refractivity contribution is -0.135. The summed E-state index contributed by atoms with van der Waals surface area (Å²) >= 11 is 0. The number of ether oxygens (including phenoxy) is 2. The van der Waals surface area contributed by atoms with E-state index in [4.69, 9.17) is 4.74 Å². The molecular formula is C14H11NO4. The number of hydrogen-bond acceptors (Lipinski definition) is 5. The normalized spacial score (nSPS) is 16.6. The van der Waals surface area contributed by atoms with E-state index in [9.17, 15) is 9.59 Å². The number of cyclic esters (lactones) is 1. The summed E-state index contributed by atoms with van der Waals surface area (Å²) in [6.45, 7) is 0. The number of nitrogens with zero attached hydrogens (tertiary/aromatic N) is 1. The van der Waals surface area contributed by atoms with Crippen LogP contribution in [0.15, 0.2) is 59.2 Å². The molecule has 19 heavy (non-hydrogen) atoms. The van der Waals surface area contributed by atoms with Gasteiger partial charge >= 0.3 is 11.9 Å². The summed E-state index contributed by atoms with van der Waals surface area (Å²) in [4.78, 5) is 26.5. The Morgan fingerprint density at radius 1 is 1.32 bits per heavy atom. The van der Waals surface area contributed by atoms with Crippen LogP contribution in [0.2, 0.25) is 0 Å². The number of aliphatic imine (C=N–C) groups is 1. The number of carbonyl (C=O) groups is 2. The average molecular weight is 257 g/mol. The van der Waals surface area contributed by atoms with Gasteiger partial charge in [-0.05, 0) is 18.2 Å². The lowest BCUT2D eigenvalue weighted by Gasteiger charge is -1.97. The number of carbonyl (C=O) groups excluding carboxylic acids is 2. The first-order valence-electron chi connectivity index (χ1n) is 5.53. The molecule has 5 heteroatoms. The van der Waals surface area contributed by atoms with Crippen LogP contribution < -0.4 is 0 Å². The quantitative estimate of drug-likeness (QED) is 0.609. The summed E-state index contributed by atoms with van der Waals surface area (Å²) in [6, 6.07) is 9.09. The maximum Gasteiger partial charge on any atom is 0.363 e. The predicted octanol–water partition coefficient (Wildman–Crippen LogP) is 1.60. The summed E-state index contributed by atoms with van der Waals surface area (Å²) in [6.07, 6.45) is 3.98. The Morgan fingerprint density at radius 3 is 2.74 bits per heavy atom. The molecule has 0 N–H and O–H groups in total. The van der Waals surface area contributed by atoms with Gasteiger partial charge in [-0.2, -0.15) is 0 Å². The smallest absolute Gasteiger partial charge is 0.363 e. The molecule has 1 aliphatic heterocycles. The highest BCUT2D eigenvalue weighted by atomic mass is 16.6. The topological polar surface area (TPSA) is 65.0 Å². The van der Waals surface area contributed by atoms with Gasteiger partial charge in [-0.15, -0.1) is 0 Å². The van der Waals surface area contributed by atoms with Crippen molar-refractivity contribution >= 4 is 17.8 Å². The Hall–Kier alpha value is -2.69. The molecule has 0 amide bonds. The first-order valence-corrected chi connectivity index (χ1v) is 5.53. The first kappa shape index (κ1) is 12.8. The maximum atomic E-state index is 11.5. The molecule has 0 saturated heterocycles. The molecule has 0 saturated carbocycles. The maximum absolute atomic E-state index is 11.5. The number of rotatable bonds is 3. The molecule has 0 aliphatic carbocycles. The van der Waals surface area contributed by atoms with E-state index in [1.807, 2.05) is 18.2 Å². The number of methoxy groups -OCH3 is 1. The predicted molar refractivity (Wildman–Crippen MR) is 68.3 cm³/mol. The first-order chi connectivity index (χ1) is 9.20. The highest BCUT2D eigenvalue weighted by molar-refractivity contribution is 6.11. The highest BCUT2D eigenvalue weighted by Crippen LogP contribution is 2.15. The van der Waals surface area contributed by atoms with Crippen molar-refractivity contribution in [3.63, 3.8) is 0 Å². The van der Waals surface area contributed by atoms with Gasteiger partial charge in [0.25, 0.3) is 0 Å². The molecule has 0 aromatic heterocycles. The second kappa shape index (κ2) is 5.77. The van der Waals surface area contributed by atoms with Crippen LogP contribution in [0.1, 0.15) is 5.56 Å². The van der Waals surface area contributed by atoms with Gasteiger partial charge in [0.05, 0.1) is 7.11 Å². The summed E-state index contributed by atoms with van der Waals surface area (Å²) in [7, 11) is 1.27. The minimum atomic E-state index is -0.548. The monoisotopic (exact) mass is 257 g/mol. The highest BCUT2D eigenvalue weighted by Gasteiger charge is 2.23. The SMILES string of the molecule is COC(=O)/C=C\C=C1/N=C(c2ccccc2)OC1=O. The molecule has 5 nitrogen and oxygen atoms in total. The van der Waals surface area contributed by atoms with Crippen LogP contribution in [0.5, 0.6) is 0 Å². The van der Waals surface area contributed by atoms with Gasteiger partial charge in [0.1, 0.15) is 0 Å². The van der Waals surface area contributed by atoms with Gasteiger partial charge in [0.2, 0.25) is 5.90 Å². The Balaban J connectivity index is 2.17. The van der Waals surface area contributed by atoms with E-state index in [2.05, 4.69) is 9.73 Å². The van der Waals surface area contributed by atoms with E-state index in [-0.39, 0.29) is 11.6 Å². The molecule has 1 aromatic rings. The molecule has 2 rings (SSSR count). The van der Waals surface area contributed by atoms with E-state index in [0.717, 1.165) is 5.56 Å². The Morgan fingerprint density at radius 2 is 2.05 bits per heavy atom. The van der Waals surface area contributed by atoms with Crippen molar-refractivity contribution in [2.75, 3.05) is 7.11 Å². The van der Waals surface area contributed by atoms with Crippen LogP contribution in [0, 0.1) is 0 Å². The molecule has 96 valence electrons. The lowest BCUT2D eigenvalue weighted by atomic mass is 10.2. The number of hydrogen-bond donors (Lipinski definition) is 0. The minimum absolute atomic E-state index is 0.138.